The number of rotatable bonds is 5. The highest BCUT2D eigenvalue weighted by Gasteiger charge is 2.13. The molecule has 134 valence electrons. The average Bonchev–Trinajstić information content (AvgIpc) is 2.58. The summed E-state index contributed by atoms with van der Waals surface area (Å²) in [5.41, 5.74) is 0.336. The fraction of sp³-hybridized carbons (Fsp3) is 0. The Kier molecular flexibility index (Phi) is 6.23. The predicted octanol–water partition coefficient (Wildman–Crippen LogP) is 3.70. The SMILES string of the molecule is N#C/C(=C/Nc1ccc(Cl)c(Cl)c1)C(=O)Nc1cccc(S(=O)(=O)O)c1. The Labute approximate surface area is 159 Å². The van der Waals surface area contributed by atoms with E-state index in [-0.39, 0.29) is 16.2 Å². The van der Waals surface area contributed by atoms with E-state index in [0.29, 0.717) is 15.7 Å². The standard InChI is InChI=1S/C16H11Cl2N3O4S/c17-14-5-4-11(7-15(14)18)20-9-10(8-19)16(22)21-12-2-1-3-13(6-12)26(23,24)25/h1-7,9,20H,(H,21,22)(H,23,24,25)/b10-9-. The van der Waals surface area contributed by atoms with Gasteiger partial charge in [-0.3, -0.25) is 9.35 Å². The van der Waals surface area contributed by atoms with Gasteiger partial charge in [0.05, 0.1) is 14.9 Å². The maximum atomic E-state index is 12.1. The number of benzene rings is 2. The molecule has 3 N–H and O–H groups in total. The zero-order valence-electron chi connectivity index (χ0n) is 12.9. The first kappa shape index (κ1) is 19.8. The molecule has 0 atom stereocenters. The maximum Gasteiger partial charge on any atom is 0.294 e. The van der Waals surface area contributed by atoms with Crippen molar-refractivity contribution in [3.05, 3.63) is 64.3 Å². The van der Waals surface area contributed by atoms with Crippen LogP contribution in [0.2, 0.25) is 10.0 Å². The number of nitrogens with one attached hydrogen (secondary N) is 2. The number of hydrogen-bond acceptors (Lipinski definition) is 5. The number of carbonyl (C=O) groups is 1. The topological polar surface area (TPSA) is 119 Å². The van der Waals surface area contributed by atoms with Crippen LogP contribution >= 0.6 is 23.2 Å². The van der Waals surface area contributed by atoms with Crippen molar-refractivity contribution in [2.45, 2.75) is 4.90 Å². The zero-order valence-corrected chi connectivity index (χ0v) is 15.2. The summed E-state index contributed by atoms with van der Waals surface area (Å²) in [7, 11) is -4.41. The molecular weight excluding hydrogens is 401 g/mol. The van der Waals surface area contributed by atoms with Gasteiger partial charge in [-0.25, -0.2) is 0 Å². The van der Waals surface area contributed by atoms with E-state index >= 15 is 0 Å². The second-order valence-corrected chi connectivity index (χ2v) is 7.14. The molecule has 0 aliphatic heterocycles. The first-order valence-electron chi connectivity index (χ1n) is 6.91. The summed E-state index contributed by atoms with van der Waals surface area (Å²) < 4.78 is 31.3. The molecule has 0 aliphatic rings. The lowest BCUT2D eigenvalue weighted by atomic mass is 10.2. The van der Waals surface area contributed by atoms with Crippen LogP contribution in [0, 0.1) is 11.3 Å². The van der Waals surface area contributed by atoms with Crippen molar-refractivity contribution < 1.29 is 17.8 Å². The molecule has 0 heterocycles. The molecule has 0 saturated heterocycles. The van der Waals surface area contributed by atoms with Crippen molar-refractivity contribution in [2.75, 3.05) is 10.6 Å². The minimum absolute atomic E-state index is 0.0980. The summed E-state index contributed by atoms with van der Waals surface area (Å²) in [5.74, 6) is -0.771. The first-order valence-corrected chi connectivity index (χ1v) is 9.11. The van der Waals surface area contributed by atoms with Gasteiger partial charge >= 0.3 is 0 Å². The van der Waals surface area contributed by atoms with Crippen LogP contribution in [0.4, 0.5) is 11.4 Å². The van der Waals surface area contributed by atoms with E-state index < -0.39 is 16.0 Å². The van der Waals surface area contributed by atoms with Crippen LogP contribution in [0.1, 0.15) is 0 Å². The highest BCUT2D eigenvalue weighted by Crippen LogP contribution is 2.25. The monoisotopic (exact) mass is 411 g/mol. The normalized spacial score (nSPS) is 11.5. The summed E-state index contributed by atoms with van der Waals surface area (Å²) in [5, 5.41) is 14.9. The van der Waals surface area contributed by atoms with Crippen LogP contribution < -0.4 is 10.6 Å². The van der Waals surface area contributed by atoms with E-state index in [4.69, 9.17) is 33.0 Å². The first-order chi connectivity index (χ1) is 12.2. The molecule has 0 bridgehead atoms. The molecule has 0 unspecified atom stereocenters. The molecular formula is C16H11Cl2N3O4S. The lowest BCUT2D eigenvalue weighted by Crippen LogP contribution is -2.15. The van der Waals surface area contributed by atoms with Crippen LogP contribution in [0.25, 0.3) is 0 Å². The van der Waals surface area contributed by atoms with E-state index in [1.165, 1.54) is 24.4 Å². The smallest absolute Gasteiger partial charge is 0.294 e. The van der Waals surface area contributed by atoms with Crippen molar-refractivity contribution in [3.8, 4) is 6.07 Å². The number of halogens is 2. The maximum absolute atomic E-state index is 12.1. The molecule has 2 aromatic rings. The van der Waals surface area contributed by atoms with Crippen molar-refractivity contribution >= 4 is 50.6 Å². The molecule has 7 nitrogen and oxygen atoms in total. The Balaban J connectivity index is 2.16. The number of hydrogen-bond donors (Lipinski definition) is 3. The number of amides is 1. The highest BCUT2D eigenvalue weighted by molar-refractivity contribution is 7.85. The van der Waals surface area contributed by atoms with Gasteiger partial charge in [0.15, 0.2) is 0 Å². The number of anilines is 2. The molecule has 0 radical (unpaired) electrons. The summed E-state index contributed by atoms with van der Waals surface area (Å²) in [6, 6.07) is 11.4. The van der Waals surface area contributed by atoms with Gasteiger partial charge in [-0.15, -0.1) is 0 Å². The van der Waals surface area contributed by atoms with E-state index in [2.05, 4.69) is 10.6 Å². The van der Waals surface area contributed by atoms with Gasteiger partial charge in [-0.05, 0) is 36.4 Å². The highest BCUT2D eigenvalue weighted by atomic mass is 35.5. The molecule has 0 saturated carbocycles. The second-order valence-electron chi connectivity index (χ2n) is 4.90. The Morgan fingerprint density at radius 2 is 1.85 bits per heavy atom. The average molecular weight is 412 g/mol. The molecule has 0 spiro atoms. The summed E-state index contributed by atoms with van der Waals surface area (Å²) in [6.45, 7) is 0. The van der Waals surface area contributed by atoms with Gasteiger partial charge in [-0.1, -0.05) is 29.3 Å². The lowest BCUT2D eigenvalue weighted by Gasteiger charge is -2.07. The van der Waals surface area contributed by atoms with Gasteiger partial charge in [0.1, 0.15) is 11.6 Å². The van der Waals surface area contributed by atoms with Gasteiger partial charge in [0.2, 0.25) is 0 Å². The Morgan fingerprint density at radius 1 is 1.12 bits per heavy atom. The summed E-state index contributed by atoms with van der Waals surface area (Å²) in [6.07, 6.45) is 1.17. The largest absolute Gasteiger partial charge is 0.360 e. The van der Waals surface area contributed by atoms with Crippen molar-refractivity contribution in [3.63, 3.8) is 0 Å². The molecule has 0 aliphatic carbocycles. The van der Waals surface area contributed by atoms with E-state index in [9.17, 15) is 13.2 Å². The summed E-state index contributed by atoms with van der Waals surface area (Å²) in [4.78, 5) is 11.8. The molecule has 2 aromatic carbocycles. The van der Waals surface area contributed by atoms with Crippen LogP contribution in [-0.2, 0) is 14.9 Å². The van der Waals surface area contributed by atoms with Crippen molar-refractivity contribution in [2.24, 2.45) is 0 Å². The minimum Gasteiger partial charge on any atom is -0.360 e. The Hall–Kier alpha value is -2.57. The molecule has 1 amide bonds. The number of nitriles is 1. The third kappa shape index (κ3) is 5.21. The lowest BCUT2D eigenvalue weighted by molar-refractivity contribution is -0.112. The zero-order chi connectivity index (χ0) is 19.3. The second kappa shape index (κ2) is 8.21. The Morgan fingerprint density at radius 3 is 2.46 bits per heavy atom. The van der Waals surface area contributed by atoms with Crippen LogP contribution in [0.5, 0.6) is 0 Å². The van der Waals surface area contributed by atoms with Crippen LogP contribution in [-0.4, -0.2) is 18.9 Å². The van der Waals surface area contributed by atoms with E-state index in [0.717, 1.165) is 12.1 Å². The van der Waals surface area contributed by atoms with Crippen molar-refractivity contribution in [1.29, 1.82) is 5.26 Å². The molecule has 2 rings (SSSR count). The molecule has 10 heteroatoms. The quantitative estimate of drug-likeness (QED) is 0.391. The molecule has 0 fully saturated rings. The Bertz CT molecular complexity index is 1030. The fourth-order valence-electron chi connectivity index (χ4n) is 1.82. The van der Waals surface area contributed by atoms with Crippen molar-refractivity contribution in [1.82, 2.24) is 0 Å². The summed E-state index contributed by atoms with van der Waals surface area (Å²) >= 11 is 11.7. The third-order valence-electron chi connectivity index (χ3n) is 3.06. The number of carbonyl (C=O) groups excluding carboxylic acids is 1. The van der Waals surface area contributed by atoms with E-state index in [1.807, 2.05) is 0 Å². The molecule has 0 aromatic heterocycles. The minimum atomic E-state index is -4.41. The van der Waals surface area contributed by atoms with Gasteiger partial charge in [-0.2, -0.15) is 13.7 Å². The molecule has 26 heavy (non-hydrogen) atoms. The third-order valence-corrected chi connectivity index (χ3v) is 4.65. The number of nitrogens with zero attached hydrogens (tertiary/aromatic N) is 1. The van der Waals surface area contributed by atoms with Crippen LogP contribution in [0.15, 0.2) is 59.1 Å². The van der Waals surface area contributed by atoms with Crippen LogP contribution in [0.3, 0.4) is 0 Å². The van der Waals surface area contributed by atoms with Gasteiger partial charge in [0.25, 0.3) is 16.0 Å². The predicted molar refractivity (Wildman–Crippen MR) is 98.7 cm³/mol. The fourth-order valence-corrected chi connectivity index (χ4v) is 2.65. The van der Waals surface area contributed by atoms with E-state index in [1.54, 1.807) is 18.2 Å². The van der Waals surface area contributed by atoms with Gasteiger partial charge in [0, 0.05) is 17.6 Å². The van der Waals surface area contributed by atoms with Gasteiger partial charge < -0.3 is 10.6 Å².